The van der Waals surface area contributed by atoms with E-state index >= 15 is 0 Å². The fraction of sp³-hybridized carbons (Fsp3) is 0.259. The molecule has 0 fully saturated rings. The second kappa shape index (κ2) is 8.28. The summed E-state index contributed by atoms with van der Waals surface area (Å²) < 4.78 is 7.98. The number of ether oxygens (including phenoxy) is 1. The zero-order chi connectivity index (χ0) is 23.1. The van der Waals surface area contributed by atoms with Crippen molar-refractivity contribution in [3.05, 3.63) is 82.7 Å². The highest BCUT2D eigenvalue weighted by molar-refractivity contribution is 5.79. The number of carboxylic acid groups (broad SMARTS) is 1. The Balaban J connectivity index is 1.40. The van der Waals surface area contributed by atoms with Crippen LogP contribution in [0.2, 0.25) is 0 Å². The summed E-state index contributed by atoms with van der Waals surface area (Å²) in [4.78, 5) is 15.8. The zero-order valence-corrected chi connectivity index (χ0v) is 19.1. The Hall–Kier alpha value is -3.80. The lowest BCUT2D eigenvalue weighted by Gasteiger charge is -2.16. The first-order valence-corrected chi connectivity index (χ1v) is 11.2. The minimum Gasteiger partial charge on any atom is -0.493 e. The van der Waals surface area contributed by atoms with Crippen LogP contribution in [0, 0.1) is 20.8 Å². The number of carbonyl (C=O) groups is 1. The third-order valence-corrected chi connectivity index (χ3v) is 6.43. The Morgan fingerprint density at radius 2 is 2.00 bits per heavy atom. The highest BCUT2D eigenvalue weighted by Crippen LogP contribution is 2.38. The molecule has 0 amide bonds. The number of nitrogens with zero attached hydrogens (tertiary/aromatic N) is 2. The van der Waals surface area contributed by atoms with Crippen molar-refractivity contribution >= 4 is 22.7 Å². The molecule has 168 valence electrons. The van der Waals surface area contributed by atoms with E-state index in [-0.39, 0.29) is 12.3 Å². The maximum Gasteiger partial charge on any atom is 0.304 e. The summed E-state index contributed by atoms with van der Waals surface area (Å²) in [5.41, 5.74) is 8.79. The van der Waals surface area contributed by atoms with Gasteiger partial charge in [-0.3, -0.25) is 9.36 Å². The quantitative estimate of drug-likeness (QED) is 0.412. The van der Waals surface area contributed by atoms with Gasteiger partial charge in [0.1, 0.15) is 11.6 Å². The van der Waals surface area contributed by atoms with Gasteiger partial charge < -0.3 is 15.2 Å². The molecule has 6 nitrogen and oxygen atoms in total. The molecule has 1 unspecified atom stereocenters. The first-order chi connectivity index (χ1) is 15.9. The Kier molecular flexibility index (Phi) is 5.29. The van der Waals surface area contributed by atoms with E-state index in [2.05, 4.69) is 60.1 Å². The van der Waals surface area contributed by atoms with Crippen molar-refractivity contribution in [1.29, 1.82) is 0 Å². The molecule has 0 spiro atoms. The smallest absolute Gasteiger partial charge is 0.304 e. The van der Waals surface area contributed by atoms with Crippen LogP contribution in [0.25, 0.3) is 16.7 Å². The molecule has 2 heterocycles. The van der Waals surface area contributed by atoms with Crippen molar-refractivity contribution in [3.63, 3.8) is 0 Å². The van der Waals surface area contributed by atoms with Gasteiger partial charge in [-0.1, -0.05) is 24.3 Å². The van der Waals surface area contributed by atoms with Crippen LogP contribution in [-0.4, -0.2) is 27.2 Å². The van der Waals surface area contributed by atoms with Gasteiger partial charge in [0, 0.05) is 29.8 Å². The third-order valence-electron chi connectivity index (χ3n) is 6.43. The third kappa shape index (κ3) is 3.93. The molecule has 0 aliphatic carbocycles. The summed E-state index contributed by atoms with van der Waals surface area (Å²) in [6.45, 7) is 7.38. The Morgan fingerprint density at radius 3 is 2.82 bits per heavy atom. The lowest BCUT2D eigenvalue weighted by molar-refractivity contribution is -0.137. The average Bonchev–Trinajstić information content (AvgIpc) is 3.32. The minimum absolute atomic E-state index is 0.0812. The topological polar surface area (TPSA) is 76.4 Å². The van der Waals surface area contributed by atoms with Crippen LogP contribution in [0.1, 0.15) is 40.4 Å². The fourth-order valence-electron chi connectivity index (χ4n) is 4.68. The van der Waals surface area contributed by atoms with Gasteiger partial charge in [0.25, 0.3) is 0 Å². The van der Waals surface area contributed by atoms with E-state index in [9.17, 15) is 4.79 Å². The lowest BCUT2D eigenvalue weighted by atomic mass is 9.98. The van der Waals surface area contributed by atoms with Gasteiger partial charge in [0.15, 0.2) is 0 Å². The van der Waals surface area contributed by atoms with Crippen molar-refractivity contribution in [2.75, 3.05) is 11.9 Å². The molecule has 1 aliphatic heterocycles. The summed E-state index contributed by atoms with van der Waals surface area (Å²) >= 11 is 0. The summed E-state index contributed by atoms with van der Waals surface area (Å²) in [5, 5.41) is 12.6. The number of aryl methyl sites for hydroxylation is 2. The molecule has 1 aromatic heterocycles. The number of rotatable bonds is 6. The van der Waals surface area contributed by atoms with Crippen molar-refractivity contribution in [2.24, 2.45) is 0 Å². The molecule has 4 aromatic rings. The first kappa shape index (κ1) is 21.1. The molecular formula is C27H27N3O3. The van der Waals surface area contributed by atoms with Crippen LogP contribution in [0.3, 0.4) is 0 Å². The number of hydrogen-bond donors (Lipinski definition) is 2. The predicted molar refractivity (Wildman–Crippen MR) is 130 cm³/mol. The fourth-order valence-corrected chi connectivity index (χ4v) is 4.68. The lowest BCUT2D eigenvalue weighted by Crippen LogP contribution is -2.07. The molecule has 0 bridgehead atoms. The van der Waals surface area contributed by atoms with E-state index in [1.807, 2.05) is 25.1 Å². The van der Waals surface area contributed by atoms with Gasteiger partial charge in [-0.15, -0.1) is 0 Å². The summed E-state index contributed by atoms with van der Waals surface area (Å²) in [7, 11) is 0. The molecule has 0 radical (unpaired) electrons. The molecule has 0 saturated heterocycles. The average molecular weight is 442 g/mol. The molecule has 3 aromatic carbocycles. The molecule has 1 atom stereocenters. The largest absolute Gasteiger partial charge is 0.493 e. The van der Waals surface area contributed by atoms with Crippen LogP contribution in [0.5, 0.6) is 5.75 Å². The van der Waals surface area contributed by atoms with E-state index in [0.29, 0.717) is 13.2 Å². The van der Waals surface area contributed by atoms with Gasteiger partial charge in [0.05, 0.1) is 29.7 Å². The van der Waals surface area contributed by atoms with Gasteiger partial charge in [-0.25, -0.2) is 4.98 Å². The molecule has 6 heteroatoms. The molecule has 0 saturated carbocycles. The van der Waals surface area contributed by atoms with E-state index in [4.69, 9.17) is 14.8 Å². The van der Waals surface area contributed by atoms with Crippen molar-refractivity contribution in [2.45, 2.75) is 39.7 Å². The van der Waals surface area contributed by atoms with Crippen molar-refractivity contribution in [3.8, 4) is 11.4 Å². The first-order valence-electron chi connectivity index (χ1n) is 11.2. The van der Waals surface area contributed by atoms with E-state index < -0.39 is 5.97 Å². The second-order valence-corrected chi connectivity index (χ2v) is 8.76. The molecule has 33 heavy (non-hydrogen) atoms. The normalized spacial score (nSPS) is 14.8. The summed E-state index contributed by atoms with van der Waals surface area (Å²) in [6.07, 6.45) is 0.0909. The standard InChI is InChI=1S/C27H27N3O3/c1-16-7-10-23-25(11-16)30(18(3)29-23)24-6-4-5-19(17(24)2)14-28-21-8-9-22-20(12-27(31)32)15-33-26(22)13-21/h4-11,13,20,28H,12,14-15H2,1-3H3,(H,31,32). The van der Waals surface area contributed by atoms with Crippen LogP contribution in [-0.2, 0) is 11.3 Å². The van der Waals surface area contributed by atoms with Gasteiger partial charge in [0.2, 0.25) is 0 Å². The molecule has 1 aliphatic rings. The van der Waals surface area contributed by atoms with Crippen molar-refractivity contribution < 1.29 is 14.6 Å². The highest BCUT2D eigenvalue weighted by Gasteiger charge is 2.26. The Bertz CT molecular complexity index is 1370. The number of hydrogen-bond acceptors (Lipinski definition) is 4. The monoisotopic (exact) mass is 441 g/mol. The summed E-state index contributed by atoms with van der Waals surface area (Å²) in [6, 6.07) is 18.7. The number of aromatic nitrogens is 2. The van der Waals surface area contributed by atoms with Crippen LogP contribution in [0.4, 0.5) is 5.69 Å². The number of carboxylic acids is 1. The molecule has 2 N–H and O–H groups in total. The zero-order valence-electron chi connectivity index (χ0n) is 19.1. The van der Waals surface area contributed by atoms with E-state index in [0.717, 1.165) is 39.5 Å². The van der Waals surface area contributed by atoms with Crippen LogP contribution < -0.4 is 10.1 Å². The number of aliphatic carboxylic acids is 1. The SMILES string of the molecule is Cc1ccc2nc(C)n(-c3cccc(CNc4ccc5c(c4)OCC5CC(=O)O)c3C)c2c1. The number of anilines is 1. The maximum absolute atomic E-state index is 11.1. The van der Waals surface area contributed by atoms with Crippen LogP contribution >= 0.6 is 0 Å². The van der Waals surface area contributed by atoms with Crippen molar-refractivity contribution in [1.82, 2.24) is 9.55 Å². The molecule has 5 rings (SSSR count). The Labute approximate surface area is 192 Å². The second-order valence-electron chi connectivity index (χ2n) is 8.76. The summed E-state index contributed by atoms with van der Waals surface area (Å²) in [5.74, 6) is 0.857. The van der Waals surface area contributed by atoms with Gasteiger partial charge in [-0.2, -0.15) is 0 Å². The van der Waals surface area contributed by atoms with E-state index in [1.54, 1.807) is 0 Å². The predicted octanol–water partition coefficient (Wildman–Crippen LogP) is 5.51. The Morgan fingerprint density at radius 1 is 1.15 bits per heavy atom. The highest BCUT2D eigenvalue weighted by atomic mass is 16.5. The van der Waals surface area contributed by atoms with Gasteiger partial charge >= 0.3 is 5.97 Å². The van der Waals surface area contributed by atoms with E-state index in [1.165, 1.54) is 16.7 Å². The van der Waals surface area contributed by atoms with Gasteiger partial charge in [-0.05, 0) is 61.7 Å². The number of nitrogens with one attached hydrogen (secondary N) is 1. The minimum atomic E-state index is -0.801. The maximum atomic E-state index is 11.1. The molecular weight excluding hydrogens is 414 g/mol. The van der Waals surface area contributed by atoms with Crippen LogP contribution in [0.15, 0.2) is 54.6 Å². The number of fused-ring (bicyclic) bond motifs is 2. The number of imidazole rings is 1. The number of benzene rings is 3.